The van der Waals surface area contributed by atoms with E-state index in [1.807, 2.05) is 0 Å². The minimum Gasteiger partial charge on any atom is -0.488 e. The molecule has 2 atom stereocenters. The maximum atomic E-state index is 6.20. The first-order valence-electron chi connectivity index (χ1n) is 7.28. The molecule has 2 N–H and O–H groups in total. The van der Waals surface area contributed by atoms with E-state index in [1.54, 1.807) is 0 Å². The first-order chi connectivity index (χ1) is 8.75. The van der Waals surface area contributed by atoms with Gasteiger partial charge in [0.25, 0.3) is 0 Å². The SMILES string of the molecule is CCC(N)C(Oc1ccc(C(C)C)cc1)C(C)(C)C. The minimum atomic E-state index is 0.0300. The number of nitrogens with two attached hydrogens (primary N) is 1. The van der Waals surface area contributed by atoms with Crippen LogP contribution >= 0.6 is 0 Å². The van der Waals surface area contributed by atoms with Gasteiger partial charge in [-0.3, -0.25) is 0 Å². The molecule has 0 bridgehead atoms. The van der Waals surface area contributed by atoms with Gasteiger partial charge in [-0.25, -0.2) is 0 Å². The molecule has 1 aromatic carbocycles. The topological polar surface area (TPSA) is 35.2 Å². The summed E-state index contributed by atoms with van der Waals surface area (Å²) in [4.78, 5) is 0. The van der Waals surface area contributed by atoms with Crippen molar-refractivity contribution in [2.75, 3.05) is 0 Å². The largest absolute Gasteiger partial charge is 0.488 e. The van der Waals surface area contributed by atoms with Crippen LogP contribution in [0.3, 0.4) is 0 Å². The van der Waals surface area contributed by atoms with Crippen LogP contribution in [-0.2, 0) is 0 Å². The molecule has 0 heterocycles. The Bertz CT molecular complexity index is 375. The smallest absolute Gasteiger partial charge is 0.119 e. The Kier molecular flexibility index (Phi) is 5.42. The fourth-order valence-corrected chi connectivity index (χ4v) is 2.20. The highest BCUT2D eigenvalue weighted by Crippen LogP contribution is 2.28. The van der Waals surface area contributed by atoms with Crippen molar-refractivity contribution in [2.45, 2.75) is 66.0 Å². The monoisotopic (exact) mass is 263 g/mol. The molecule has 0 spiro atoms. The number of hydrogen-bond acceptors (Lipinski definition) is 2. The van der Waals surface area contributed by atoms with Gasteiger partial charge in [0.2, 0.25) is 0 Å². The second-order valence-corrected chi connectivity index (χ2v) is 6.70. The zero-order valence-corrected chi connectivity index (χ0v) is 13.2. The van der Waals surface area contributed by atoms with Gasteiger partial charge < -0.3 is 10.5 Å². The first kappa shape index (κ1) is 16.0. The average Bonchev–Trinajstić information content (AvgIpc) is 2.34. The summed E-state index contributed by atoms with van der Waals surface area (Å²) in [6.45, 7) is 13.0. The second-order valence-electron chi connectivity index (χ2n) is 6.70. The third kappa shape index (κ3) is 4.54. The van der Waals surface area contributed by atoms with Crippen LogP contribution in [0, 0.1) is 5.41 Å². The van der Waals surface area contributed by atoms with E-state index in [9.17, 15) is 0 Å². The number of rotatable bonds is 5. The summed E-state index contributed by atoms with van der Waals surface area (Å²) in [5.41, 5.74) is 7.57. The Morgan fingerprint density at radius 3 is 2.00 bits per heavy atom. The molecule has 0 aliphatic carbocycles. The van der Waals surface area contributed by atoms with Crippen molar-refractivity contribution in [1.29, 1.82) is 0 Å². The highest BCUT2D eigenvalue weighted by Gasteiger charge is 2.31. The van der Waals surface area contributed by atoms with Crippen LogP contribution in [-0.4, -0.2) is 12.1 Å². The molecule has 0 amide bonds. The molecule has 2 unspecified atom stereocenters. The average molecular weight is 263 g/mol. The predicted molar refractivity (Wildman–Crippen MR) is 82.7 cm³/mol. The van der Waals surface area contributed by atoms with Crippen molar-refractivity contribution in [3.05, 3.63) is 29.8 Å². The lowest BCUT2D eigenvalue weighted by Gasteiger charge is -2.35. The van der Waals surface area contributed by atoms with Crippen molar-refractivity contribution < 1.29 is 4.74 Å². The Morgan fingerprint density at radius 1 is 1.11 bits per heavy atom. The Hall–Kier alpha value is -1.02. The summed E-state index contributed by atoms with van der Waals surface area (Å²) >= 11 is 0. The van der Waals surface area contributed by atoms with E-state index >= 15 is 0 Å². The minimum absolute atomic E-state index is 0.0300. The van der Waals surface area contributed by atoms with Crippen LogP contribution in [0.4, 0.5) is 0 Å². The lowest BCUT2D eigenvalue weighted by Crippen LogP contribution is -2.47. The molecular weight excluding hydrogens is 234 g/mol. The predicted octanol–water partition coefficient (Wildman–Crippen LogP) is 4.34. The van der Waals surface area contributed by atoms with Gasteiger partial charge in [0.1, 0.15) is 11.9 Å². The van der Waals surface area contributed by atoms with Gasteiger partial charge >= 0.3 is 0 Å². The highest BCUT2D eigenvalue weighted by atomic mass is 16.5. The van der Waals surface area contributed by atoms with Crippen molar-refractivity contribution in [3.8, 4) is 5.75 Å². The van der Waals surface area contributed by atoms with Crippen LogP contribution in [0.5, 0.6) is 5.75 Å². The second kappa shape index (κ2) is 6.42. The third-order valence-corrected chi connectivity index (χ3v) is 3.52. The first-order valence-corrected chi connectivity index (χ1v) is 7.28. The van der Waals surface area contributed by atoms with Gasteiger partial charge in [0.15, 0.2) is 0 Å². The summed E-state index contributed by atoms with van der Waals surface area (Å²) in [7, 11) is 0. The molecule has 1 aromatic rings. The van der Waals surface area contributed by atoms with Gasteiger partial charge in [-0.15, -0.1) is 0 Å². The third-order valence-electron chi connectivity index (χ3n) is 3.52. The van der Waals surface area contributed by atoms with Crippen molar-refractivity contribution >= 4 is 0 Å². The summed E-state index contributed by atoms with van der Waals surface area (Å²) < 4.78 is 6.14. The van der Waals surface area contributed by atoms with Gasteiger partial charge in [0, 0.05) is 11.5 Å². The molecule has 0 saturated carbocycles. The van der Waals surface area contributed by atoms with E-state index < -0.39 is 0 Å². The van der Waals surface area contributed by atoms with E-state index in [2.05, 4.69) is 65.8 Å². The van der Waals surface area contributed by atoms with Gasteiger partial charge in [0.05, 0.1) is 0 Å². The molecule has 0 saturated heterocycles. The molecular formula is C17H29NO. The fourth-order valence-electron chi connectivity index (χ4n) is 2.20. The Morgan fingerprint density at radius 2 is 1.63 bits per heavy atom. The molecule has 0 fully saturated rings. The van der Waals surface area contributed by atoms with Crippen molar-refractivity contribution in [3.63, 3.8) is 0 Å². The molecule has 19 heavy (non-hydrogen) atoms. The lowest BCUT2D eigenvalue weighted by molar-refractivity contribution is 0.0621. The summed E-state index contributed by atoms with van der Waals surface area (Å²) in [5, 5.41) is 0. The molecule has 108 valence electrons. The molecule has 0 radical (unpaired) electrons. The van der Waals surface area contributed by atoms with Crippen LogP contribution in [0.1, 0.15) is 59.4 Å². The van der Waals surface area contributed by atoms with Crippen LogP contribution < -0.4 is 10.5 Å². The number of hydrogen-bond donors (Lipinski definition) is 1. The molecule has 2 heteroatoms. The zero-order valence-electron chi connectivity index (χ0n) is 13.2. The number of ether oxygens (including phenoxy) is 1. The van der Waals surface area contributed by atoms with Crippen LogP contribution in [0.2, 0.25) is 0 Å². The van der Waals surface area contributed by atoms with Crippen LogP contribution in [0.25, 0.3) is 0 Å². The van der Waals surface area contributed by atoms with E-state index in [4.69, 9.17) is 10.5 Å². The quantitative estimate of drug-likeness (QED) is 0.857. The number of benzene rings is 1. The summed E-state index contributed by atoms with van der Waals surface area (Å²) in [6.07, 6.45) is 0.953. The van der Waals surface area contributed by atoms with Crippen molar-refractivity contribution in [1.82, 2.24) is 0 Å². The molecule has 1 rings (SSSR count). The van der Waals surface area contributed by atoms with E-state index in [1.165, 1.54) is 5.56 Å². The normalized spacial score (nSPS) is 15.4. The van der Waals surface area contributed by atoms with Gasteiger partial charge in [-0.1, -0.05) is 53.7 Å². The Labute approximate surface area is 118 Å². The standard InChI is InChI=1S/C17H29NO/c1-7-15(18)16(17(4,5)6)19-14-10-8-13(9-11-14)12(2)3/h8-12,15-16H,7,18H2,1-6H3. The van der Waals surface area contributed by atoms with E-state index in [0.29, 0.717) is 5.92 Å². The summed E-state index contributed by atoms with van der Waals surface area (Å²) in [6, 6.07) is 8.44. The van der Waals surface area contributed by atoms with E-state index in [0.717, 1.165) is 12.2 Å². The van der Waals surface area contributed by atoms with Crippen LogP contribution in [0.15, 0.2) is 24.3 Å². The van der Waals surface area contributed by atoms with Crippen molar-refractivity contribution in [2.24, 2.45) is 11.1 Å². The fraction of sp³-hybridized carbons (Fsp3) is 0.647. The summed E-state index contributed by atoms with van der Waals surface area (Å²) in [5.74, 6) is 1.46. The molecule has 0 aromatic heterocycles. The molecule has 2 nitrogen and oxygen atoms in total. The van der Waals surface area contributed by atoms with Gasteiger partial charge in [-0.2, -0.15) is 0 Å². The van der Waals surface area contributed by atoms with Gasteiger partial charge in [-0.05, 0) is 30.0 Å². The molecule has 0 aliphatic heterocycles. The highest BCUT2D eigenvalue weighted by molar-refractivity contribution is 5.29. The zero-order chi connectivity index (χ0) is 14.6. The maximum Gasteiger partial charge on any atom is 0.119 e. The lowest BCUT2D eigenvalue weighted by atomic mass is 9.84. The maximum absolute atomic E-state index is 6.20. The molecule has 0 aliphatic rings. The van der Waals surface area contributed by atoms with E-state index in [-0.39, 0.29) is 17.6 Å². The Balaban J connectivity index is 2.85.